The van der Waals surface area contributed by atoms with Crippen LogP contribution in [-0.4, -0.2) is 37.5 Å². The van der Waals surface area contributed by atoms with Crippen molar-refractivity contribution in [1.82, 2.24) is 5.43 Å². The molecule has 1 fully saturated rings. The van der Waals surface area contributed by atoms with E-state index in [1.54, 1.807) is 19.2 Å². The molecule has 1 saturated carbocycles. The van der Waals surface area contributed by atoms with Gasteiger partial charge in [-0.05, 0) is 43.0 Å². The Hall–Kier alpha value is -3.67. The minimum absolute atomic E-state index is 0.101. The van der Waals surface area contributed by atoms with Crippen molar-refractivity contribution >= 4 is 35.0 Å². The number of carbonyl (C=O) groups is 1. The molecule has 0 saturated heterocycles. The van der Waals surface area contributed by atoms with Gasteiger partial charge in [-0.2, -0.15) is 10.4 Å². The van der Waals surface area contributed by atoms with Crippen LogP contribution in [0.5, 0.6) is 5.75 Å². The van der Waals surface area contributed by atoms with Gasteiger partial charge in [0.1, 0.15) is 17.4 Å². The topological polar surface area (TPSA) is 139 Å². The number of aliphatic imine (C=N–C) groups is 1. The highest BCUT2D eigenvalue weighted by Crippen LogP contribution is 2.35. The van der Waals surface area contributed by atoms with Crippen LogP contribution in [-0.2, 0) is 4.79 Å². The maximum atomic E-state index is 10.7. The van der Waals surface area contributed by atoms with Gasteiger partial charge in [0.15, 0.2) is 0 Å². The molecule has 1 aliphatic rings. The molecule has 0 aliphatic heterocycles. The Morgan fingerprint density at radius 3 is 2.54 bits per heavy atom. The quantitative estimate of drug-likeness (QED) is 0.275. The molecule has 8 nitrogen and oxygen atoms in total. The van der Waals surface area contributed by atoms with Crippen LogP contribution in [0.1, 0.15) is 54.5 Å². The lowest BCUT2D eigenvalue weighted by Crippen LogP contribution is -2.20. The molecule has 2 aromatic rings. The van der Waals surface area contributed by atoms with Crippen molar-refractivity contribution in [2.75, 3.05) is 13.6 Å². The summed E-state index contributed by atoms with van der Waals surface area (Å²) >= 11 is 6.37. The fourth-order valence-corrected chi connectivity index (χ4v) is 3.67. The third-order valence-corrected chi connectivity index (χ3v) is 5.42. The number of nitrogens with zero attached hydrogens (tertiary/aromatic N) is 3. The lowest BCUT2D eigenvalue weighted by atomic mass is 9.90. The Balaban J connectivity index is 0.00000210. The number of nitriles is 1. The molecule has 0 radical (unpaired) electrons. The first-order chi connectivity index (χ1) is 17.0. The molecule has 0 atom stereocenters. The molecule has 0 heterocycles. The SMILES string of the molecule is CC.CN=C(/C(=C\N)c1ccc(C)c(/C(CN)=N\NC=O)c1)c1cc(Cl)cc(OC2CC2)c1C#N. The summed E-state index contributed by atoms with van der Waals surface area (Å²) in [4.78, 5) is 15.1. The van der Waals surface area contributed by atoms with Crippen molar-refractivity contribution in [1.29, 1.82) is 5.26 Å². The summed E-state index contributed by atoms with van der Waals surface area (Å²) in [7, 11) is 1.62. The van der Waals surface area contributed by atoms with Gasteiger partial charge in [-0.1, -0.05) is 37.6 Å². The molecule has 1 amide bonds. The lowest BCUT2D eigenvalue weighted by molar-refractivity contribution is -0.109. The molecular formula is C26H31ClN6O2. The fourth-order valence-electron chi connectivity index (χ4n) is 3.46. The van der Waals surface area contributed by atoms with E-state index in [1.807, 2.05) is 39.0 Å². The molecule has 35 heavy (non-hydrogen) atoms. The van der Waals surface area contributed by atoms with Crippen LogP contribution in [0.2, 0.25) is 5.02 Å². The molecular weight excluding hydrogens is 464 g/mol. The van der Waals surface area contributed by atoms with Crippen molar-refractivity contribution in [2.24, 2.45) is 21.6 Å². The first kappa shape index (κ1) is 27.6. The van der Waals surface area contributed by atoms with Crippen LogP contribution in [0.25, 0.3) is 5.57 Å². The average Bonchev–Trinajstić information content (AvgIpc) is 3.69. The van der Waals surface area contributed by atoms with E-state index in [2.05, 4.69) is 21.6 Å². The highest BCUT2D eigenvalue weighted by atomic mass is 35.5. The van der Waals surface area contributed by atoms with Gasteiger partial charge in [-0.15, -0.1) is 0 Å². The lowest BCUT2D eigenvalue weighted by Gasteiger charge is -2.17. The van der Waals surface area contributed by atoms with Crippen LogP contribution in [0.3, 0.4) is 0 Å². The molecule has 2 aromatic carbocycles. The fraction of sp³-hybridized carbons (Fsp3) is 0.308. The van der Waals surface area contributed by atoms with E-state index in [9.17, 15) is 10.1 Å². The second-order valence-corrected chi connectivity index (χ2v) is 7.88. The monoisotopic (exact) mass is 494 g/mol. The first-order valence-corrected chi connectivity index (χ1v) is 11.7. The van der Waals surface area contributed by atoms with Crippen LogP contribution in [0.4, 0.5) is 0 Å². The van der Waals surface area contributed by atoms with E-state index < -0.39 is 0 Å². The standard InChI is InChI=1S/C24H25ClN6O2.C2H6/c1-14-3-4-15(7-18(14)22(12-28)31-30-13-32)20(10-26)24(29-2)19-8-16(25)9-23(21(19)11-27)33-17-5-6-17;1-2/h3-4,7-10,13,17H,5-6,12,26,28H2,1-2H3,(H,30,32);1-2H3/b20-10-,29-24?,31-22-;. The van der Waals surface area contributed by atoms with Crippen LogP contribution in [0.15, 0.2) is 46.6 Å². The molecule has 9 heteroatoms. The number of halogens is 1. The van der Waals surface area contributed by atoms with E-state index in [4.69, 9.17) is 27.8 Å². The summed E-state index contributed by atoms with van der Waals surface area (Å²) in [6.07, 6.45) is 3.91. The van der Waals surface area contributed by atoms with Gasteiger partial charge in [-0.25, -0.2) is 5.43 Å². The number of benzene rings is 2. The molecule has 0 aromatic heterocycles. The number of rotatable bonds is 9. The van der Waals surface area contributed by atoms with Crippen molar-refractivity contribution < 1.29 is 9.53 Å². The smallest absolute Gasteiger partial charge is 0.227 e. The number of allylic oxidation sites excluding steroid dienone is 1. The second-order valence-electron chi connectivity index (χ2n) is 7.45. The molecule has 0 spiro atoms. The maximum absolute atomic E-state index is 10.7. The minimum Gasteiger partial charge on any atom is -0.489 e. The zero-order valence-electron chi connectivity index (χ0n) is 20.4. The molecule has 3 rings (SSSR count). The number of ether oxygens (including phenoxy) is 1. The number of hydrogen-bond acceptors (Lipinski definition) is 7. The number of nitrogens with two attached hydrogens (primary N) is 2. The van der Waals surface area contributed by atoms with E-state index in [0.29, 0.717) is 45.3 Å². The minimum atomic E-state index is 0.101. The predicted molar refractivity (Wildman–Crippen MR) is 142 cm³/mol. The number of aryl methyl sites for hydroxylation is 1. The third-order valence-electron chi connectivity index (χ3n) is 5.20. The van der Waals surface area contributed by atoms with E-state index in [1.165, 1.54) is 6.20 Å². The summed E-state index contributed by atoms with van der Waals surface area (Å²) in [6.45, 7) is 6.04. The van der Waals surface area contributed by atoms with Gasteiger partial charge >= 0.3 is 0 Å². The zero-order valence-corrected chi connectivity index (χ0v) is 21.2. The normalized spacial score (nSPS) is 13.9. The largest absolute Gasteiger partial charge is 0.489 e. The summed E-state index contributed by atoms with van der Waals surface area (Å²) in [5, 5.41) is 14.4. The Kier molecular flexibility index (Phi) is 10.5. The second kappa shape index (κ2) is 13.3. The Morgan fingerprint density at radius 1 is 1.29 bits per heavy atom. The highest BCUT2D eigenvalue weighted by molar-refractivity contribution is 6.35. The van der Waals surface area contributed by atoms with Crippen LogP contribution < -0.4 is 21.6 Å². The van der Waals surface area contributed by atoms with Gasteiger partial charge in [0.25, 0.3) is 0 Å². The van der Waals surface area contributed by atoms with E-state index in [-0.39, 0.29) is 12.6 Å². The zero-order chi connectivity index (χ0) is 26.0. The number of hydrogen-bond donors (Lipinski definition) is 3. The van der Waals surface area contributed by atoms with E-state index in [0.717, 1.165) is 29.5 Å². The Morgan fingerprint density at radius 2 is 2.00 bits per heavy atom. The molecule has 1 aliphatic carbocycles. The molecule has 0 bridgehead atoms. The maximum Gasteiger partial charge on any atom is 0.227 e. The van der Waals surface area contributed by atoms with Crippen LogP contribution in [0, 0.1) is 18.3 Å². The average molecular weight is 495 g/mol. The Bertz CT molecular complexity index is 1190. The first-order valence-electron chi connectivity index (χ1n) is 11.3. The van der Waals surface area contributed by atoms with Gasteiger partial charge < -0.3 is 16.2 Å². The number of amides is 1. The summed E-state index contributed by atoms with van der Waals surface area (Å²) in [5.74, 6) is 0.433. The van der Waals surface area contributed by atoms with Crippen molar-refractivity contribution in [3.63, 3.8) is 0 Å². The van der Waals surface area contributed by atoms with Crippen molar-refractivity contribution in [3.05, 3.63) is 69.4 Å². The Labute approximate surface area is 211 Å². The summed E-state index contributed by atoms with van der Waals surface area (Å²) in [5.41, 5.74) is 19.1. The van der Waals surface area contributed by atoms with Crippen molar-refractivity contribution in [3.8, 4) is 11.8 Å². The number of carbonyl (C=O) groups excluding carboxylic acids is 1. The molecule has 0 unspecified atom stereocenters. The van der Waals surface area contributed by atoms with E-state index >= 15 is 0 Å². The van der Waals surface area contributed by atoms with Gasteiger partial charge in [0.2, 0.25) is 6.41 Å². The van der Waals surface area contributed by atoms with Gasteiger partial charge in [0.05, 0.1) is 17.5 Å². The predicted octanol–water partition coefficient (Wildman–Crippen LogP) is 3.92. The highest BCUT2D eigenvalue weighted by Gasteiger charge is 2.27. The molecule has 184 valence electrons. The third kappa shape index (κ3) is 6.69. The number of nitrogens with one attached hydrogen (secondary N) is 1. The molecule has 5 N–H and O–H groups in total. The summed E-state index contributed by atoms with van der Waals surface area (Å²) < 4.78 is 5.92. The van der Waals surface area contributed by atoms with Gasteiger partial charge in [0, 0.05) is 47.6 Å². The van der Waals surface area contributed by atoms with Crippen molar-refractivity contribution in [2.45, 2.75) is 39.7 Å². The van der Waals surface area contributed by atoms with Gasteiger partial charge in [-0.3, -0.25) is 9.79 Å². The van der Waals surface area contributed by atoms with Crippen LogP contribution >= 0.6 is 11.6 Å². The summed E-state index contributed by atoms with van der Waals surface area (Å²) in [6, 6.07) is 11.2. The number of hydrazone groups is 1.